The molecule has 0 aliphatic rings. The highest BCUT2D eigenvalue weighted by atomic mass is 16.5. The average molecular weight is 388 g/mol. The summed E-state index contributed by atoms with van der Waals surface area (Å²) in [6.45, 7) is 1.78. The molecular formula is C23H20N2O4. The van der Waals surface area contributed by atoms with Gasteiger partial charge in [0.2, 0.25) is 0 Å². The molecule has 0 unspecified atom stereocenters. The third-order valence-electron chi connectivity index (χ3n) is 3.96. The third-order valence-corrected chi connectivity index (χ3v) is 3.96. The molecule has 6 nitrogen and oxygen atoms in total. The van der Waals surface area contributed by atoms with Gasteiger partial charge in [0.25, 0.3) is 5.91 Å². The van der Waals surface area contributed by atoms with E-state index in [4.69, 9.17) is 9.47 Å². The molecule has 0 heterocycles. The molecular weight excluding hydrogens is 368 g/mol. The van der Waals surface area contributed by atoms with Crippen molar-refractivity contribution in [1.29, 1.82) is 0 Å². The molecule has 3 aromatic carbocycles. The molecule has 0 radical (unpaired) electrons. The lowest BCUT2D eigenvalue weighted by Gasteiger charge is -2.07. The van der Waals surface area contributed by atoms with Crippen LogP contribution >= 0.6 is 0 Å². The number of nitrogens with one attached hydrogen (secondary N) is 1. The van der Waals surface area contributed by atoms with E-state index in [9.17, 15) is 9.59 Å². The Balaban J connectivity index is 1.46. The summed E-state index contributed by atoms with van der Waals surface area (Å²) in [5, 5.41) is 3.90. The van der Waals surface area contributed by atoms with Gasteiger partial charge >= 0.3 is 5.97 Å². The summed E-state index contributed by atoms with van der Waals surface area (Å²) in [6.07, 6.45) is 1.49. The van der Waals surface area contributed by atoms with Crippen molar-refractivity contribution in [2.24, 2.45) is 5.10 Å². The average Bonchev–Trinajstić information content (AvgIpc) is 2.75. The number of carbonyl (C=O) groups is 2. The molecule has 0 aromatic heterocycles. The normalized spacial score (nSPS) is 10.5. The Morgan fingerprint density at radius 3 is 2.34 bits per heavy atom. The Bertz CT molecular complexity index is 999. The van der Waals surface area contributed by atoms with Gasteiger partial charge in [0.1, 0.15) is 11.5 Å². The maximum atomic E-state index is 12.0. The van der Waals surface area contributed by atoms with Gasteiger partial charge in [0.15, 0.2) is 6.61 Å². The van der Waals surface area contributed by atoms with Crippen LogP contribution in [0.25, 0.3) is 0 Å². The molecule has 0 bridgehead atoms. The van der Waals surface area contributed by atoms with Gasteiger partial charge in [0.05, 0.1) is 11.8 Å². The lowest BCUT2D eigenvalue weighted by molar-refractivity contribution is -0.123. The van der Waals surface area contributed by atoms with Crippen molar-refractivity contribution in [2.75, 3.05) is 6.61 Å². The van der Waals surface area contributed by atoms with Crippen LogP contribution in [0.3, 0.4) is 0 Å². The number of esters is 1. The van der Waals surface area contributed by atoms with Gasteiger partial charge < -0.3 is 9.47 Å². The standard InChI is InChI=1S/C23H20N2O4/c1-17-7-5-6-10-21(17)28-16-22(26)25-24-15-18-11-13-20(14-12-18)29-23(27)19-8-3-2-4-9-19/h2-15H,16H2,1H3,(H,25,26). The van der Waals surface area contributed by atoms with Crippen LogP contribution in [0.1, 0.15) is 21.5 Å². The number of benzene rings is 3. The lowest BCUT2D eigenvalue weighted by Crippen LogP contribution is -2.24. The zero-order valence-electron chi connectivity index (χ0n) is 15.9. The summed E-state index contributed by atoms with van der Waals surface area (Å²) in [5.41, 5.74) is 4.59. The first-order chi connectivity index (χ1) is 14.1. The second-order valence-corrected chi connectivity index (χ2v) is 6.17. The zero-order valence-corrected chi connectivity index (χ0v) is 15.9. The van der Waals surface area contributed by atoms with E-state index in [1.807, 2.05) is 31.2 Å². The van der Waals surface area contributed by atoms with Crippen molar-refractivity contribution in [1.82, 2.24) is 5.43 Å². The molecule has 3 aromatic rings. The van der Waals surface area contributed by atoms with E-state index in [2.05, 4.69) is 10.5 Å². The molecule has 0 spiro atoms. The highest BCUT2D eigenvalue weighted by Gasteiger charge is 2.07. The maximum Gasteiger partial charge on any atom is 0.343 e. The smallest absolute Gasteiger partial charge is 0.343 e. The van der Waals surface area contributed by atoms with E-state index < -0.39 is 5.97 Å². The fourth-order valence-electron chi connectivity index (χ4n) is 2.43. The molecule has 146 valence electrons. The summed E-state index contributed by atoms with van der Waals surface area (Å²) in [5.74, 6) is 0.296. The molecule has 1 amide bonds. The van der Waals surface area contributed by atoms with Gasteiger partial charge in [-0.2, -0.15) is 5.10 Å². The van der Waals surface area contributed by atoms with Crippen molar-refractivity contribution in [3.8, 4) is 11.5 Å². The van der Waals surface area contributed by atoms with E-state index in [-0.39, 0.29) is 12.5 Å². The molecule has 0 atom stereocenters. The zero-order chi connectivity index (χ0) is 20.5. The number of amides is 1. The fraction of sp³-hybridized carbons (Fsp3) is 0.0870. The number of hydrazone groups is 1. The Kier molecular flexibility index (Phi) is 6.73. The summed E-state index contributed by atoms with van der Waals surface area (Å²) in [6, 6.07) is 23.0. The highest BCUT2D eigenvalue weighted by molar-refractivity contribution is 5.91. The van der Waals surface area contributed by atoms with Crippen LogP contribution in [0.2, 0.25) is 0 Å². The first kappa shape index (κ1) is 19.8. The van der Waals surface area contributed by atoms with Crippen molar-refractivity contribution in [3.63, 3.8) is 0 Å². The van der Waals surface area contributed by atoms with Gasteiger partial charge in [-0.05, 0) is 60.5 Å². The predicted molar refractivity (Wildman–Crippen MR) is 110 cm³/mol. The van der Waals surface area contributed by atoms with Crippen molar-refractivity contribution >= 4 is 18.1 Å². The number of rotatable bonds is 7. The van der Waals surface area contributed by atoms with Crippen LogP contribution in [0.5, 0.6) is 11.5 Å². The Morgan fingerprint density at radius 2 is 1.62 bits per heavy atom. The predicted octanol–water partition coefficient (Wildman–Crippen LogP) is 3.74. The molecule has 0 aliphatic carbocycles. The summed E-state index contributed by atoms with van der Waals surface area (Å²) in [7, 11) is 0. The van der Waals surface area contributed by atoms with Gasteiger partial charge in [0, 0.05) is 0 Å². The van der Waals surface area contributed by atoms with Crippen molar-refractivity contribution < 1.29 is 19.1 Å². The second kappa shape index (κ2) is 9.85. The number of hydrogen-bond donors (Lipinski definition) is 1. The summed E-state index contributed by atoms with van der Waals surface area (Å²) >= 11 is 0. The number of nitrogens with zero attached hydrogens (tertiary/aromatic N) is 1. The largest absolute Gasteiger partial charge is 0.483 e. The minimum atomic E-state index is -0.423. The van der Waals surface area contributed by atoms with E-state index in [0.717, 1.165) is 11.1 Å². The molecule has 1 N–H and O–H groups in total. The third kappa shape index (κ3) is 6.04. The molecule has 0 aliphatic heterocycles. The molecule has 3 rings (SSSR count). The topological polar surface area (TPSA) is 77.0 Å². The second-order valence-electron chi connectivity index (χ2n) is 6.17. The van der Waals surface area contributed by atoms with Crippen LogP contribution in [0.15, 0.2) is 84.0 Å². The quantitative estimate of drug-likeness (QED) is 0.289. The van der Waals surface area contributed by atoms with Gasteiger partial charge in [-0.3, -0.25) is 4.79 Å². The minimum Gasteiger partial charge on any atom is -0.483 e. The maximum absolute atomic E-state index is 12.0. The number of ether oxygens (including phenoxy) is 2. The Morgan fingerprint density at radius 1 is 0.931 bits per heavy atom. The van der Waals surface area contributed by atoms with E-state index in [1.165, 1.54) is 6.21 Å². The molecule has 0 saturated heterocycles. The summed E-state index contributed by atoms with van der Waals surface area (Å²) in [4.78, 5) is 23.8. The van der Waals surface area contributed by atoms with Crippen LogP contribution in [-0.2, 0) is 4.79 Å². The van der Waals surface area contributed by atoms with Crippen LogP contribution in [-0.4, -0.2) is 24.7 Å². The molecule has 0 fully saturated rings. The highest BCUT2D eigenvalue weighted by Crippen LogP contribution is 2.16. The number of para-hydroxylation sites is 1. The van der Waals surface area contributed by atoms with Gasteiger partial charge in [-0.1, -0.05) is 36.4 Å². The van der Waals surface area contributed by atoms with Crippen LogP contribution in [0, 0.1) is 6.92 Å². The van der Waals surface area contributed by atoms with E-state index >= 15 is 0 Å². The first-order valence-electron chi connectivity index (χ1n) is 8.99. The van der Waals surface area contributed by atoms with Crippen LogP contribution < -0.4 is 14.9 Å². The molecule has 6 heteroatoms. The van der Waals surface area contributed by atoms with Crippen molar-refractivity contribution in [2.45, 2.75) is 6.92 Å². The molecule has 29 heavy (non-hydrogen) atoms. The number of carbonyl (C=O) groups excluding carboxylic acids is 2. The van der Waals surface area contributed by atoms with Crippen LogP contribution in [0.4, 0.5) is 0 Å². The van der Waals surface area contributed by atoms with Gasteiger partial charge in [-0.15, -0.1) is 0 Å². The minimum absolute atomic E-state index is 0.128. The van der Waals surface area contributed by atoms with E-state index in [1.54, 1.807) is 54.6 Å². The Hall–Kier alpha value is -3.93. The number of aryl methyl sites for hydroxylation is 1. The lowest BCUT2D eigenvalue weighted by atomic mass is 10.2. The van der Waals surface area contributed by atoms with Crippen molar-refractivity contribution in [3.05, 3.63) is 95.6 Å². The first-order valence-corrected chi connectivity index (χ1v) is 8.99. The SMILES string of the molecule is Cc1ccccc1OCC(=O)NN=Cc1ccc(OC(=O)c2ccccc2)cc1. The summed E-state index contributed by atoms with van der Waals surface area (Å²) < 4.78 is 10.8. The van der Waals surface area contributed by atoms with E-state index in [0.29, 0.717) is 17.1 Å². The number of hydrogen-bond acceptors (Lipinski definition) is 5. The molecule has 0 saturated carbocycles. The fourth-order valence-corrected chi connectivity index (χ4v) is 2.43. The van der Waals surface area contributed by atoms with Gasteiger partial charge in [-0.25, -0.2) is 10.2 Å². The monoisotopic (exact) mass is 388 g/mol. The Labute approximate surface area is 168 Å².